The molecule has 2 N–H and O–H groups in total. The van der Waals surface area contributed by atoms with E-state index in [0.29, 0.717) is 6.08 Å². The lowest BCUT2D eigenvalue weighted by atomic mass is 10.4. The van der Waals surface area contributed by atoms with Gasteiger partial charge in [-0.05, 0) is 0 Å². The Hall–Kier alpha value is -1.85. The van der Waals surface area contributed by atoms with Crippen molar-refractivity contribution in [3.8, 4) is 0 Å². The first-order chi connectivity index (χ1) is 6.06. The summed E-state index contributed by atoms with van der Waals surface area (Å²) < 4.78 is 4.23. The monoisotopic (exact) mass is 187 g/mol. The summed E-state index contributed by atoms with van der Waals surface area (Å²) in [5.41, 5.74) is 0. The van der Waals surface area contributed by atoms with E-state index in [4.69, 9.17) is 5.11 Å². The van der Waals surface area contributed by atoms with Crippen LogP contribution in [0.5, 0.6) is 0 Å². The number of carbonyl (C=O) groups excluding carboxylic acids is 2. The van der Waals surface area contributed by atoms with Crippen molar-refractivity contribution in [2.45, 2.75) is 0 Å². The molecule has 72 valence electrons. The van der Waals surface area contributed by atoms with Crippen molar-refractivity contribution in [1.82, 2.24) is 5.32 Å². The minimum Gasteiger partial charge on any atom is -0.478 e. The maximum atomic E-state index is 10.7. The largest absolute Gasteiger partial charge is 0.478 e. The lowest BCUT2D eigenvalue weighted by molar-refractivity contribution is -0.140. The average molecular weight is 187 g/mol. The van der Waals surface area contributed by atoms with E-state index in [0.717, 1.165) is 6.08 Å². The quantitative estimate of drug-likeness (QED) is 0.431. The molecule has 1 amide bonds. The molecule has 0 unspecified atom stereocenters. The summed E-state index contributed by atoms with van der Waals surface area (Å²) in [7, 11) is 1.18. The van der Waals surface area contributed by atoms with Gasteiger partial charge in [0.25, 0.3) is 0 Å². The van der Waals surface area contributed by atoms with Gasteiger partial charge in [-0.1, -0.05) is 0 Å². The number of carbonyl (C=O) groups is 3. The normalized spacial score (nSPS) is 9.62. The number of carboxylic acid groups (broad SMARTS) is 1. The standard InChI is InChI=1S/C7H9NO5/c1-13-7(12)4-8-5(9)2-3-6(10)11/h2-3H,4H2,1H3,(H,8,9)(H,10,11)/b3-2-. The van der Waals surface area contributed by atoms with E-state index in [9.17, 15) is 14.4 Å². The third-order valence-electron chi connectivity index (χ3n) is 1.01. The van der Waals surface area contributed by atoms with Crippen LogP contribution in [0.2, 0.25) is 0 Å². The molecule has 0 spiro atoms. The number of ether oxygens (including phenoxy) is 1. The Balaban J connectivity index is 3.76. The lowest BCUT2D eigenvalue weighted by Crippen LogP contribution is -2.28. The maximum absolute atomic E-state index is 10.7. The Bertz CT molecular complexity index is 245. The molecule has 0 radical (unpaired) electrons. The zero-order chi connectivity index (χ0) is 10.3. The summed E-state index contributed by atoms with van der Waals surface area (Å²) in [4.78, 5) is 31.1. The average Bonchev–Trinajstić information content (AvgIpc) is 2.10. The van der Waals surface area contributed by atoms with Gasteiger partial charge in [0.2, 0.25) is 5.91 Å². The molecule has 6 nitrogen and oxygen atoms in total. The van der Waals surface area contributed by atoms with Gasteiger partial charge in [0.1, 0.15) is 6.54 Å². The van der Waals surface area contributed by atoms with E-state index in [1.54, 1.807) is 0 Å². The van der Waals surface area contributed by atoms with Crippen LogP contribution in [0.1, 0.15) is 0 Å². The molecule has 0 aliphatic carbocycles. The predicted molar refractivity (Wildman–Crippen MR) is 41.8 cm³/mol. The van der Waals surface area contributed by atoms with Crippen molar-refractivity contribution in [2.75, 3.05) is 13.7 Å². The van der Waals surface area contributed by atoms with Crippen LogP contribution in [0.25, 0.3) is 0 Å². The van der Waals surface area contributed by atoms with Gasteiger partial charge in [0.15, 0.2) is 0 Å². The Labute approximate surface area is 74.2 Å². The molecule has 0 aliphatic heterocycles. The predicted octanol–water partition coefficient (Wildman–Crippen LogP) is -1.08. The van der Waals surface area contributed by atoms with Gasteiger partial charge in [-0.15, -0.1) is 0 Å². The first kappa shape index (κ1) is 11.2. The summed E-state index contributed by atoms with van der Waals surface area (Å²) >= 11 is 0. The van der Waals surface area contributed by atoms with E-state index in [-0.39, 0.29) is 6.54 Å². The Morgan fingerprint density at radius 1 is 1.38 bits per heavy atom. The highest BCUT2D eigenvalue weighted by atomic mass is 16.5. The van der Waals surface area contributed by atoms with Gasteiger partial charge < -0.3 is 15.2 Å². The number of hydrogen-bond donors (Lipinski definition) is 2. The highest BCUT2D eigenvalue weighted by molar-refractivity contribution is 5.95. The molecule has 0 fully saturated rings. The van der Waals surface area contributed by atoms with Crippen molar-refractivity contribution in [3.63, 3.8) is 0 Å². The van der Waals surface area contributed by atoms with Crippen LogP contribution in [-0.4, -0.2) is 36.6 Å². The van der Waals surface area contributed by atoms with E-state index in [1.165, 1.54) is 7.11 Å². The Morgan fingerprint density at radius 2 is 2.00 bits per heavy atom. The van der Waals surface area contributed by atoms with Gasteiger partial charge in [-0.25, -0.2) is 4.79 Å². The molecule has 0 aliphatic rings. The number of rotatable bonds is 4. The molecule has 13 heavy (non-hydrogen) atoms. The van der Waals surface area contributed by atoms with Crippen molar-refractivity contribution >= 4 is 17.8 Å². The molecule has 0 atom stereocenters. The van der Waals surface area contributed by atoms with Gasteiger partial charge >= 0.3 is 11.9 Å². The fourth-order valence-corrected chi connectivity index (χ4v) is 0.437. The molecule has 0 saturated carbocycles. The van der Waals surface area contributed by atoms with Crippen molar-refractivity contribution < 1.29 is 24.2 Å². The molecule has 0 bridgehead atoms. The second-order valence-corrected chi connectivity index (χ2v) is 1.97. The van der Waals surface area contributed by atoms with Crippen LogP contribution in [0, 0.1) is 0 Å². The van der Waals surface area contributed by atoms with Crippen molar-refractivity contribution in [1.29, 1.82) is 0 Å². The zero-order valence-corrected chi connectivity index (χ0v) is 6.94. The Morgan fingerprint density at radius 3 is 2.46 bits per heavy atom. The smallest absolute Gasteiger partial charge is 0.328 e. The third-order valence-corrected chi connectivity index (χ3v) is 1.01. The number of esters is 1. The number of carboxylic acids is 1. The van der Waals surface area contributed by atoms with Gasteiger partial charge in [0.05, 0.1) is 7.11 Å². The number of nitrogens with one attached hydrogen (secondary N) is 1. The Kier molecular flexibility index (Phi) is 4.94. The molecule has 0 aromatic rings. The highest BCUT2D eigenvalue weighted by Gasteiger charge is 2.01. The molecule has 0 heterocycles. The van der Waals surface area contributed by atoms with Crippen LogP contribution < -0.4 is 5.32 Å². The molecule has 0 aromatic heterocycles. The van der Waals surface area contributed by atoms with E-state index in [1.807, 2.05) is 0 Å². The SMILES string of the molecule is COC(=O)CNC(=O)/C=C\C(=O)O. The number of hydrogen-bond acceptors (Lipinski definition) is 4. The molecule has 0 aromatic carbocycles. The zero-order valence-electron chi connectivity index (χ0n) is 6.94. The topological polar surface area (TPSA) is 92.7 Å². The molecular weight excluding hydrogens is 178 g/mol. The molecular formula is C7H9NO5. The fourth-order valence-electron chi connectivity index (χ4n) is 0.437. The van der Waals surface area contributed by atoms with Crippen molar-refractivity contribution in [3.05, 3.63) is 12.2 Å². The van der Waals surface area contributed by atoms with Crippen LogP contribution >= 0.6 is 0 Å². The lowest BCUT2D eigenvalue weighted by Gasteiger charge is -1.98. The maximum Gasteiger partial charge on any atom is 0.328 e. The molecule has 6 heteroatoms. The summed E-state index contributed by atoms with van der Waals surface area (Å²) in [6.45, 7) is -0.278. The third kappa shape index (κ3) is 6.54. The van der Waals surface area contributed by atoms with Crippen LogP contribution in [0.15, 0.2) is 12.2 Å². The van der Waals surface area contributed by atoms with Crippen LogP contribution in [-0.2, 0) is 19.1 Å². The van der Waals surface area contributed by atoms with Crippen LogP contribution in [0.3, 0.4) is 0 Å². The fraction of sp³-hybridized carbons (Fsp3) is 0.286. The van der Waals surface area contributed by atoms with E-state index >= 15 is 0 Å². The summed E-state index contributed by atoms with van der Waals surface area (Å²) in [5.74, 6) is -2.49. The number of methoxy groups -OCH3 is 1. The summed E-state index contributed by atoms with van der Waals surface area (Å²) in [6, 6.07) is 0. The van der Waals surface area contributed by atoms with Crippen molar-refractivity contribution in [2.24, 2.45) is 0 Å². The van der Waals surface area contributed by atoms with E-state index < -0.39 is 17.8 Å². The highest BCUT2D eigenvalue weighted by Crippen LogP contribution is 1.75. The number of amides is 1. The van der Waals surface area contributed by atoms with E-state index in [2.05, 4.69) is 10.1 Å². The second-order valence-electron chi connectivity index (χ2n) is 1.97. The first-order valence-electron chi connectivity index (χ1n) is 3.32. The minimum atomic E-state index is -1.23. The molecule has 0 rings (SSSR count). The van der Waals surface area contributed by atoms with Gasteiger partial charge in [0, 0.05) is 12.2 Å². The summed E-state index contributed by atoms with van der Waals surface area (Å²) in [5, 5.41) is 10.3. The second kappa shape index (κ2) is 5.76. The molecule has 0 saturated heterocycles. The van der Waals surface area contributed by atoms with Crippen LogP contribution in [0.4, 0.5) is 0 Å². The first-order valence-corrected chi connectivity index (χ1v) is 3.32. The minimum absolute atomic E-state index is 0.278. The van der Waals surface area contributed by atoms with Gasteiger partial charge in [-0.2, -0.15) is 0 Å². The summed E-state index contributed by atoms with van der Waals surface area (Å²) in [6.07, 6.45) is 1.48. The van der Waals surface area contributed by atoms with Gasteiger partial charge in [-0.3, -0.25) is 9.59 Å². The number of aliphatic carboxylic acids is 1.